The van der Waals surface area contributed by atoms with Crippen LogP contribution in [0.2, 0.25) is 5.02 Å². The Balaban J connectivity index is 2.31. The summed E-state index contributed by atoms with van der Waals surface area (Å²) in [7, 11) is -2.21. The summed E-state index contributed by atoms with van der Waals surface area (Å²) < 4.78 is 32.5. The quantitative estimate of drug-likeness (QED) is 0.773. The van der Waals surface area contributed by atoms with E-state index in [9.17, 15) is 8.42 Å². The van der Waals surface area contributed by atoms with E-state index in [0.29, 0.717) is 25.9 Å². The Bertz CT molecular complexity index is 727. The normalized spacial score (nSPS) is 11.3. The molecule has 0 radical (unpaired) electrons. The third kappa shape index (κ3) is 3.20. The molecule has 0 atom stereocenters. The minimum absolute atomic E-state index is 0.115. The molecule has 108 valence electrons. The molecule has 1 aromatic heterocycles. The second kappa shape index (κ2) is 5.80. The summed E-state index contributed by atoms with van der Waals surface area (Å²) in [5.74, 6) is 0.481. The van der Waals surface area contributed by atoms with Gasteiger partial charge in [-0.15, -0.1) is 11.3 Å². The zero-order valence-electron chi connectivity index (χ0n) is 10.2. The fourth-order valence-corrected chi connectivity index (χ4v) is 4.91. The van der Waals surface area contributed by atoms with Gasteiger partial charge in [-0.05, 0) is 40.2 Å². The molecule has 3 N–H and O–H groups in total. The standard InChI is InChI=1S/C11H10BrClN2O3S2/c1-18-9-3-2-6(4-8(9)14)15-20(16,17)10-5-7(13)11(12)19-10/h2-5,15H,14H2,1H3. The summed E-state index contributed by atoms with van der Waals surface area (Å²) in [6, 6.07) is 6.02. The van der Waals surface area contributed by atoms with Gasteiger partial charge in [0.05, 0.1) is 27.3 Å². The van der Waals surface area contributed by atoms with Crippen LogP contribution in [0.5, 0.6) is 5.75 Å². The molecule has 1 aromatic carbocycles. The number of halogens is 2. The second-order valence-electron chi connectivity index (χ2n) is 3.75. The molecule has 0 amide bonds. The second-order valence-corrected chi connectivity index (χ2v) is 8.44. The highest BCUT2D eigenvalue weighted by Crippen LogP contribution is 2.35. The van der Waals surface area contributed by atoms with Crippen molar-refractivity contribution >= 4 is 60.3 Å². The summed E-state index contributed by atoms with van der Waals surface area (Å²) in [5, 5.41) is 0.351. The van der Waals surface area contributed by atoms with Gasteiger partial charge in [0.1, 0.15) is 9.96 Å². The van der Waals surface area contributed by atoms with Crippen LogP contribution in [0.1, 0.15) is 0 Å². The molecular formula is C11H10BrClN2O3S2. The maximum absolute atomic E-state index is 12.2. The van der Waals surface area contributed by atoms with Gasteiger partial charge in [0, 0.05) is 0 Å². The van der Waals surface area contributed by atoms with Crippen LogP contribution in [0.3, 0.4) is 0 Å². The minimum atomic E-state index is -3.69. The van der Waals surface area contributed by atoms with E-state index in [1.807, 2.05) is 0 Å². The third-order valence-corrected chi connectivity index (χ3v) is 6.70. The van der Waals surface area contributed by atoms with E-state index < -0.39 is 10.0 Å². The largest absolute Gasteiger partial charge is 0.495 e. The first-order valence-corrected chi connectivity index (χ1v) is 8.71. The maximum Gasteiger partial charge on any atom is 0.271 e. The number of rotatable bonds is 4. The van der Waals surface area contributed by atoms with E-state index in [-0.39, 0.29) is 4.21 Å². The van der Waals surface area contributed by atoms with E-state index in [0.717, 1.165) is 11.3 Å². The summed E-state index contributed by atoms with van der Waals surface area (Å²) in [6.07, 6.45) is 0. The van der Waals surface area contributed by atoms with Crippen molar-refractivity contribution in [1.82, 2.24) is 0 Å². The lowest BCUT2D eigenvalue weighted by Gasteiger charge is -2.09. The number of hydrogen-bond acceptors (Lipinski definition) is 5. The first-order chi connectivity index (χ1) is 9.33. The minimum Gasteiger partial charge on any atom is -0.495 e. The van der Waals surface area contributed by atoms with Crippen molar-refractivity contribution in [3.05, 3.63) is 33.1 Å². The third-order valence-electron chi connectivity index (χ3n) is 2.37. The lowest BCUT2D eigenvalue weighted by atomic mass is 10.2. The number of nitrogens with two attached hydrogens (primary N) is 1. The van der Waals surface area contributed by atoms with Gasteiger partial charge in [-0.1, -0.05) is 11.6 Å². The van der Waals surface area contributed by atoms with Crippen molar-refractivity contribution in [3.63, 3.8) is 0 Å². The molecule has 2 aromatic rings. The predicted molar refractivity (Wildman–Crippen MR) is 85.2 cm³/mol. The summed E-state index contributed by atoms with van der Waals surface area (Å²) in [5.41, 5.74) is 6.43. The molecule has 0 fully saturated rings. The molecule has 5 nitrogen and oxygen atoms in total. The van der Waals surface area contributed by atoms with Crippen molar-refractivity contribution in [2.24, 2.45) is 0 Å². The van der Waals surface area contributed by atoms with Crippen LogP contribution >= 0.6 is 38.9 Å². The number of sulfonamides is 1. The fraction of sp³-hybridized carbons (Fsp3) is 0.0909. The Morgan fingerprint density at radius 2 is 2.10 bits per heavy atom. The number of methoxy groups -OCH3 is 1. The SMILES string of the molecule is COc1ccc(NS(=O)(=O)c2cc(Cl)c(Br)s2)cc1N. The number of anilines is 2. The molecule has 9 heteroatoms. The van der Waals surface area contributed by atoms with Crippen LogP contribution in [0.4, 0.5) is 11.4 Å². The molecule has 1 heterocycles. The molecule has 0 unspecified atom stereocenters. The molecule has 2 rings (SSSR count). The predicted octanol–water partition coefficient (Wildman–Crippen LogP) is 3.56. The topological polar surface area (TPSA) is 81.4 Å². The highest BCUT2D eigenvalue weighted by atomic mass is 79.9. The zero-order valence-corrected chi connectivity index (χ0v) is 14.2. The Kier molecular flexibility index (Phi) is 4.48. The smallest absolute Gasteiger partial charge is 0.271 e. The van der Waals surface area contributed by atoms with Gasteiger partial charge < -0.3 is 10.5 Å². The fourth-order valence-electron chi connectivity index (χ4n) is 1.46. The lowest BCUT2D eigenvalue weighted by molar-refractivity contribution is 0.417. The molecule has 0 saturated carbocycles. The van der Waals surface area contributed by atoms with Crippen molar-refractivity contribution in [2.45, 2.75) is 4.21 Å². The molecular weight excluding hydrogens is 388 g/mol. The van der Waals surface area contributed by atoms with E-state index in [2.05, 4.69) is 20.7 Å². The number of thiophene rings is 1. The molecule has 0 aliphatic carbocycles. The van der Waals surface area contributed by atoms with Crippen LogP contribution < -0.4 is 15.2 Å². The number of ether oxygens (including phenoxy) is 1. The average Bonchev–Trinajstić information content (AvgIpc) is 2.70. The van der Waals surface area contributed by atoms with Gasteiger partial charge in [0.25, 0.3) is 10.0 Å². The monoisotopic (exact) mass is 396 g/mol. The van der Waals surface area contributed by atoms with Crippen LogP contribution in [-0.2, 0) is 10.0 Å². The first kappa shape index (κ1) is 15.4. The Morgan fingerprint density at radius 1 is 1.40 bits per heavy atom. The number of nitrogen functional groups attached to an aromatic ring is 1. The summed E-state index contributed by atoms with van der Waals surface area (Å²) in [4.78, 5) is 0. The molecule has 20 heavy (non-hydrogen) atoms. The molecule has 0 bridgehead atoms. The van der Waals surface area contributed by atoms with Crippen molar-refractivity contribution in [3.8, 4) is 5.75 Å². The molecule has 0 aliphatic heterocycles. The highest BCUT2D eigenvalue weighted by Gasteiger charge is 2.19. The molecule has 0 spiro atoms. The van der Waals surface area contributed by atoms with Crippen LogP contribution in [0.25, 0.3) is 0 Å². The zero-order chi connectivity index (χ0) is 14.9. The van der Waals surface area contributed by atoms with Gasteiger partial charge in [0.2, 0.25) is 0 Å². The van der Waals surface area contributed by atoms with Gasteiger partial charge in [-0.2, -0.15) is 0 Å². The van der Waals surface area contributed by atoms with Crippen LogP contribution in [-0.4, -0.2) is 15.5 Å². The van der Waals surface area contributed by atoms with Gasteiger partial charge in [0.15, 0.2) is 0 Å². The Labute approximate surface area is 133 Å². The van der Waals surface area contributed by atoms with E-state index >= 15 is 0 Å². The summed E-state index contributed by atoms with van der Waals surface area (Å²) >= 11 is 10.1. The van der Waals surface area contributed by atoms with E-state index in [4.69, 9.17) is 22.1 Å². The highest BCUT2D eigenvalue weighted by molar-refractivity contribution is 9.11. The number of hydrogen-bond donors (Lipinski definition) is 2. The van der Waals surface area contributed by atoms with Crippen molar-refractivity contribution in [1.29, 1.82) is 0 Å². The van der Waals surface area contributed by atoms with E-state index in [1.165, 1.54) is 19.2 Å². The average molecular weight is 398 g/mol. The maximum atomic E-state index is 12.2. The number of benzene rings is 1. The Morgan fingerprint density at radius 3 is 2.60 bits per heavy atom. The first-order valence-electron chi connectivity index (χ1n) is 5.24. The number of nitrogens with one attached hydrogen (secondary N) is 1. The van der Waals surface area contributed by atoms with Crippen LogP contribution in [0.15, 0.2) is 32.3 Å². The van der Waals surface area contributed by atoms with Crippen LogP contribution in [0, 0.1) is 0 Å². The van der Waals surface area contributed by atoms with Crippen molar-refractivity contribution < 1.29 is 13.2 Å². The molecule has 0 saturated heterocycles. The van der Waals surface area contributed by atoms with Crippen molar-refractivity contribution in [2.75, 3.05) is 17.6 Å². The molecule has 0 aliphatic rings. The Hall–Kier alpha value is -0.960. The lowest BCUT2D eigenvalue weighted by Crippen LogP contribution is -2.11. The summed E-state index contributed by atoms with van der Waals surface area (Å²) in [6.45, 7) is 0. The van der Waals surface area contributed by atoms with Gasteiger partial charge >= 0.3 is 0 Å². The van der Waals surface area contributed by atoms with Gasteiger partial charge in [-0.25, -0.2) is 8.42 Å². The van der Waals surface area contributed by atoms with Gasteiger partial charge in [-0.3, -0.25) is 4.72 Å². The van der Waals surface area contributed by atoms with E-state index in [1.54, 1.807) is 12.1 Å².